The second kappa shape index (κ2) is 4.47. The summed E-state index contributed by atoms with van der Waals surface area (Å²) in [6.45, 7) is 2.08. The first-order chi connectivity index (χ1) is 7.54. The van der Waals surface area contributed by atoms with Gasteiger partial charge in [-0.25, -0.2) is 13.1 Å². The maximum Gasteiger partial charge on any atom is 0.241 e. The molecular formula is C11H14BrNO2S. The van der Waals surface area contributed by atoms with Crippen LogP contribution in [0.4, 0.5) is 0 Å². The van der Waals surface area contributed by atoms with Crippen molar-refractivity contribution >= 4 is 26.0 Å². The molecule has 0 aliphatic heterocycles. The lowest BCUT2D eigenvalue weighted by molar-refractivity contribution is 0.575. The molecule has 0 heterocycles. The van der Waals surface area contributed by atoms with Gasteiger partial charge in [-0.1, -0.05) is 25.5 Å². The van der Waals surface area contributed by atoms with Crippen LogP contribution in [0.5, 0.6) is 0 Å². The van der Waals surface area contributed by atoms with E-state index in [2.05, 4.69) is 27.6 Å². The van der Waals surface area contributed by atoms with Gasteiger partial charge in [0.2, 0.25) is 10.0 Å². The van der Waals surface area contributed by atoms with Crippen molar-refractivity contribution in [3.8, 4) is 0 Å². The largest absolute Gasteiger partial charge is 0.241 e. The molecule has 0 spiro atoms. The van der Waals surface area contributed by atoms with E-state index in [0.29, 0.717) is 15.3 Å². The summed E-state index contributed by atoms with van der Waals surface area (Å²) in [5.74, 6) is 0.511. The number of nitrogens with one attached hydrogen (secondary N) is 1. The van der Waals surface area contributed by atoms with Crippen molar-refractivity contribution in [1.29, 1.82) is 0 Å². The summed E-state index contributed by atoms with van der Waals surface area (Å²) in [6.07, 6.45) is 1.99. The molecule has 2 rings (SSSR count). The average molecular weight is 304 g/mol. The third kappa shape index (κ3) is 2.47. The maximum atomic E-state index is 12.0. The van der Waals surface area contributed by atoms with Gasteiger partial charge in [0.1, 0.15) is 0 Å². The minimum absolute atomic E-state index is 0.127. The van der Waals surface area contributed by atoms with Gasteiger partial charge < -0.3 is 0 Å². The molecule has 88 valence electrons. The van der Waals surface area contributed by atoms with Gasteiger partial charge in [0, 0.05) is 10.5 Å². The first kappa shape index (κ1) is 12.1. The molecule has 0 amide bonds. The summed E-state index contributed by atoms with van der Waals surface area (Å²) in [5, 5.41) is 0. The third-order valence-electron chi connectivity index (χ3n) is 2.88. The summed E-state index contributed by atoms with van der Waals surface area (Å²) >= 11 is 3.26. The molecule has 1 aromatic rings. The molecule has 1 aliphatic carbocycles. The van der Waals surface area contributed by atoms with Crippen molar-refractivity contribution in [3.63, 3.8) is 0 Å². The zero-order valence-corrected chi connectivity index (χ0v) is 11.4. The smallest absolute Gasteiger partial charge is 0.208 e. The number of hydrogen-bond acceptors (Lipinski definition) is 2. The molecule has 1 aromatic carbocycles. The summed E-state index contributed by atoms with van der Waals surface area (Å²) < 4.78 is 27.4. The lowest BCUT2D eigenvalue weighted by Gasteiger charge is -2.07. The molecule has 0 radical (unpaired) electrons. The van der Waals surface area contributed by atoms with Crippen LogP contribution < -0.4 is 4.72 Å². The van der Waals surface area contributed by atoms with Crippen LogP contribution in [0.1, 0.15) is 19.8 Å². The fourth-order valence-electron chi connectivity index (χ4n) is 1.77. The molecule has 0 bridgehead atoms. The quantitative estimate of drug-likeness (QED) is 0.929. The Balaban J connectivity index is 2.17. The third-order valence-corrected chi connectivity index (χ3v) is 5.38. The Bertz CT molecular complexity index is 487. The van der Waals surface area contributed by atoms with E-state index in [4.69, 9.17) is 0 Å². The average Bonchev–Trinajstić information content (AvgIpc) is 2.96. The first-order valence-corrected chi connectivity index (χ1v) is 7.59. The molecule has 1 aliphatic rings. The highest BCUT2D eigenvalue weighted by molar-refractivity contribution is 9.10. The zero-order chi connectivity index (χ0) is 11.8. The van der Waals surface area contributed by atoms with Crippen molar-refractivity contribution in [1.82, 2.24) is 4.72 Å². The second-order valence-corrected chi connectivity index (χ2v) is 6.60. The molecule has 0 saturated heterocycles. The predicted molar refractivity (Wildman–Crippen MR) is 66.6 cm³/mol. The van der Waals surface area contributed by atoms with Gasteiger partial charge in [0.15, 0.2) is 0 Å². The topological polar surface area (TPSA) is 46.2 Å². The maximum absolute atomic E-state index is 12.0. The Morgan fingerprint density at radius 2 is 2.12 bits per heavy atom. The lowest BCUT2D eigenvalue weighted by atomic mass is 10.3. The molecule has 2 atom stereocenters. The number of sulfonamides is 1. The number of rotatable bonds is 4. The molecule has 16 heavy (non-hydrogen) atoms. The van der Waals surface area contributed by atoms with Gasteiger partial charge in [-0.3, -0.25) is 0 Å². The standard InChI is InChI=1S/C11H14BrNO2S/c1-2-8-7-10(8)13-16(14,15)11-6-4-3-5-9(11)12/h3-6,8,10,13H,2,7H2,1H3. The van der Waals surface area contributed by atoms with E-state index >= 15 is 0 Å². The van der Waals surface area contributed by atoms with Crippen LogP contribution in [-0.4, -0.2) is 14.5 Å². The van der Waals surface area contributed by atoms with Gasteiger partial charge in [-0.15, -0.1) is 0 Å². The SMILES string of the molecule is CCC1CC1NS(=O)(=O)c1ccccc1Br. The summed E-state index contributed by atoms with van der Waals surface area (Å²) in [7, 11) is -3.37. The van der Waals surface area contributed by atoms with Crippen molar-refractivity contribution < 1.29 is 8.42 Å². The second-order valence-electron chi connectivity index (χ2n) is 4.06. The summed E-state index contributed by atoms with van der Waals surface area (Å²) in [5.41, 5.74) is 0. The molecular weight excluding hydrogens is 290 g/mol. The Kier molecular flexibility index (Phi) is 3.37. The summed E-state index contributed by atoms with van der Waals surface area (Å²) in [4.78, 5) is 0.316. The Morgan fingerprint density at radius 3 is 2.69 bits per heavy atom. The van der Waals surface area contributed by atoms with Crippen molar-refractivity contribution in [2.24, 2.45) is 5.92 Å². The number of halogens is 1. The minimum atomic E-state index is -3.37. The monoisotopic (exact) mass is 303 g/mol. The van der Waals surface area contributed by atoms with E-state index in [-0.39, 0.29) is 6.04 Å². The molecule has 1 fully saturated rings. The van der Waals surface area contributed by atoms with E-state index in [1.54, 1.807) is 24.3 Å². The molecule has 2 unspecified atom stereocenters. The van der Waals surface area contributed by atoms with Gasteiger partial charge in [0.25, 0.3) is 0 Å². The number of hydrogen-bond donors (Lipinski definition) is 1. The molecule has 1 N–H and O–H groups in total. The van der Waals surface area contributed by atoms with Crippen molar-refractivity contribution in [2.75, 3.05) is 0 Å². The van der Waals surface area contributed by atoms with Gasteiger partial charge in [-0.2, -0.15) is 0 Å². The molecule has 3 nitrogen and oxygen atoms in total. The minimum Gasteiger partial charge on any atom is -0.208 e. The van der Waals surface area contributed by atoms with Crippen LogP contribution >= 0.6 is 15.9 Å². The normalized spacial score (nSPS) is 24.4. The Labute approximate surface area is 104 Å². The van der Waals surface area contributed by atoms with Crippen LogP contribution in [0.3, 0.4) is 0 Å². The fraction of sp³-hybridized carbons (Fsp3) is 0.455. The van der Waals surface area contributed by atoms with E-state index in [9.17, 15) is 8.42 Å². The fourth-order valence-corrected chi connectivity index (χ4v) is 4.09. The first-order valence-electron chi connectivity index (χ1n) is 5.31. The highest BCUT2D eigenvalue weighted by Crippen LogP contribution is 2.35. The Hall–Kier alpha value is -0.390. The van der Waals surface area contributed by atoms with E-state index in [1.807, 2.05) is 0 Å². The molecule has 0 aromatic heterocycles. The van der Waals surface area contributed by atoms with Crippen LogP contribution in [0, 0.1) is 5.92 Å². The van der Waals surface area contributed by atoms with Crippen LogP contribution in [0.2, 0.25) is 0 Å². The van der Waals surface area contributed by atoms with E-state index in [0.717, 1.165) is 12.8 Å². The van der Waals surface area contributed by atoms with Crippen LogP contribution in [0.15, 0.2) is 33.6 Å². The van der Waals surface area contributed by atoms with Gasteiger partial charge in [-0.05, 0) is 40.4 Å². The molecule has 1 saturated carbocycles. The Morgan fingerprint density at radius 1 is 1.44 bits per heavy atom. The predicted octanol–water partition coefficient (Wildman–Crippen LogP) is 2.53. The van der Waals surface area contributed by atoms with Gasteiger partial charge >= 0.3 is 0 Å². The highest BCUT2D eigenvalue weighted by Gasteiger charge is 2.38. The van der Waals surface area contributed by atoms with Crippen molar-refractivity contribution in [2.45, 2.75) is 30.7 Å². The summed E-state index contributed by atoms with van der Waals surface area (Å²) in [6, 6.07) is 7.00. The molecule has 5 heteroatoms. The number of benzene rings is 1. The lowest BCUT2D eigenvalue weighted by Crippen LogP contribution is -2.27. The van der Waals surface area contributed by atoms with E-state index in [1.165, 1.54) is 0 Å². The van der Waals surface area contributed by atoms with E-state index < -0.39 is 10.0 Å². The van der Waals surface area contributed by atoms with Crippen LogP contribution in [-0.2, 0) is 10.0 Å². The van der Waals surface area contributed by atoms with Crippen LogP contribution in [0.25, 0.3) is 0 Å². The van der Waals surface area contributed by atoms with Gasteiger partial charge in [0.05, 0.1) is 4.90 Å². The zero-order valence-electron chi connectivity index (χ0n) is 8.98. The van der Waals surface area contributed by atoms with Crippen molar-refractivity contribution in [3.05, 3.63) is 28.7 Å². The highest BCUT2D eigenvalue weighted by atomic mass is 79.9.